The van der Waals surface area contributed by atoms with E-state index in [1.54, 1.807) is 30.3 Å². The van der Waals surface area contributed by atoms with Gasteiger partial charge in [0.2, 0.25) is 0 Å². The molecule has 0 spiro atoms. The van der Waals surface area contributed by atoms with Crippen molar-refractivity contribution in [3.8, 4) is 11.1 Å². The number of nitrogens with one attached hydrogen (secondary N) is 1. The highest BCUT2D eigenvalue weighted by atomic mass is 35.5. The summed E-state index contributed by atoms with van der Waals surface area (Å²) in [6.07, 6.45) is 2.54. The monoisotopic (exact) mass is 431 g/mol. The quantitative estimate of drug-likeness (QED) is 0.649. The van der Waals surface area contributed by atoms with E-state index in [1.807, 2.05) is 0 Å². The molecule has 1 aliphatic rings. The van der Waals surface area contributed by atoms with E-state index in [2.05, 4.69) is 10.3 Å². The molecule has 2 N–H and O–H groups in total. The van der Waals surface area contributed by atoms with Crippen LogP contribution >= 0.6 is 12.4 Å². The molecule has 158 valence electrons. The number of Topliss-reactive ketones (excluding diaryl/α,β-unsaturated/α-hetero) is 1. The lowest BCUT2D eigenvalue weighted by molar-refractivity contribution is -0.121. The summed E-state index contributed by atoms with van der Waals surface area (Å²) in [5.41, 5.74) is 1.56. The van der Waals surface area contributed by atoms with Crippen LogP contribution in [0.5, 0.6) is 0 Å². The van der Waals surface area contributed by atoms with Crippen molar-refractivity contribution < 1.29 is 14.3 Å². The number of halogens is 2. The average molecular weight is 432 g/mol. The van der Waals surface area contributed by atoms with E-state index in [4.69, 9.17) is 0 Å². The molecule has 1 saturated heterocycles. The summed E-state index contributed by atoms with van der Waals surface area (Å²) in [5, 5.41) is 13.5. The SMILES string of the molecule is Cl.O=C(C[C@H]1NCCC[C@@H]1O)Cn1cnc2ccc(-c3cccc(F)c3)cc2c1=O. The number of aromatic nitrogens is 2. The maximum atomic E-state index is 13.5. The first-order chi connectivity index (χ1) is 14.0. The van der Waals surface area contributed by atoms with E-state index < -0.39 is 6.10 Å². The summed E-state index contributed by atoms with van der Waals surface area (Å²) < 4.78 is 14.8. The summed E-state index contributed by atoms with van der Waals surface area (Å²) in [6, 6.07) is 11.0. The number of nitrogens with zero attached hydrogens (tertiary/aromatic N) is 2. The lowest BCUT2D eigenvalue weighted by Gasteiger charge is -2.28. The topological polar surface area (TPSA) is 84.2 Å². The fourth-order valence-corrected chi connectivity index (χ4v) is 3.76. The lowest BCUT2D eigenvalue weighted by Crippen LogP contribution is -2.46. The van der Waals surface area contributed by atoms with Crippen molar-refractivity contribution in [3.63, 3.8) is 0 Å². The lowest BCUT2D eigenvalue weighted by atomic mass is 9.97. The van der Waals surface area contributed by atoms with Gasteiger partial charge in [0, 0.05) is 12.5 Å². The number of hydrogen-bond acceptors (Lipinski definition) is 5. The van der Waals surface area contributed by atoms with Crippen molar-refractivity contribution in [2.24, 2.45) is 0 Å². The average Bonchev–Trinajstić information content (AvgIpc) is 2.72. The zero-order valence-corrected chi connectivity index (χ0v) is 17.1. The first-order valence-corrected chi connectivity index (χ1v) is 9.69. The molecule has 2 aromatic carbocycles. The Morgan fingerprint density at radius 3 is 2.80 bits per heavy atom. The Balaban J connectivity index is 0.00000256. The van der Waals surface area contributed by atoms with E-state index in [1.165, 1.54) is 23.0 Å². The fraction of sp³-hybridized carbons (Fsp3) is 0.318. The third-order valence-electron chi connectivity index (χ3n) is 5.32. The molecular weight excluding hydrogens is 409 g/mol. The summed E-state index contributed by atoms with van der Waals surface area (Å²) >= 11 is 0. The smallest absolute Gasteiger partial charge is 0.261 e. The summed E-state index contributed by atoms with van der Waals surface area (Å²) in [6.45, 7) is 0.673. The van der Waals surface area contributed by atoms with Crippen LogP contribution in [0.3, 0.4) is 0 Å². The van der Waals surface area contributed by atoms with Gasteiger partial charge >= 0.3 is 0 Å². The normalized spacial score (nSPS) is 18.7. The molecule has 0 aliphatic carbocycles. The first-order valence-electron chi connectivity index (χ1n) is 9.69. The maximum Gasteiger partial charge on any atom is 0.261 e. The molecule has 0 bridgehead atoms. The van der Waals surface area contributed by atoms with Crippen molar-refractivity contribution in [1.29, 1.82) is 0 Å². The van der Waals surface area contributed by atoms with E-state index >= 15 is 0 Å². The Hall–Kier alpha value is -2.61. The zero-order chi connectivity index (χ0) is 20.4. The minimum absolute atomic E-state index is 0. The highest BCUT2D eigenvalue weighted by Crippen LogP contribution is 2.22. The van der Waals surface area contributed by atoms with Gasteiger partial charge in [0.05, 0.1) is 29.9 Å². The van der Waals surface area contributed by atoms with Gasteiger partial charge in [-0.1, -0.05) is 18.2 Å². The number of piperidine rings is 1. The van der Waals surface area contributed by atoms with Crippen molar-refractivity contribution in [2.45, 2.75) is 38.0 Å². The minimum atomic E-state index is -0.548. The molecular formula is C22H23ClFN3O3. The van der Waals surface area contributed by atoms with Gasteiger partial charge in [0.15, 0.2) is 5.78 Å². The number of rotatable bonds is 5. The zero-order valence-electron chi connectivity index (χ0n) is 16.3. The van der Waals surface area contributed by atoms with Gasteiger partial charge < -0.3 is 10.4 Å². The third kappa shape index (κ3) is 4.75. The van der Waals surface area contributed by atoms with Gasteiger partial charge in [-0.25, -0.2) is 9.37 Å². The predicted molar refractivity (Wildman–Crippen MR) is 115 cm³/mol. The molecule has 0 amide bonds. The van der Waals surface area contributed by atoms with Crippen LogP contribution in [0.15, 0.2) is 53.6 Å². The van der Waals surface area contributed by atoms with E-state index in [9.17, 15) is 19.1 Å². The highest BCUT2D eigenvalue weighted by Gasteiger charge is 2.25. The number of aliphatic hydroxyl groups is 1. The largest absolute Gasteiger partial charge is 0.391 e. The molecule has 2 atom stereocenters. The van der Waals surface area contributed by atoms with Crippen LogP contribution in [0.4, 0.5) is 4.39 Å². The molecule has 4 rings (SSSR count). The molecule has 1 aromatic heterocycles. The Morgan fingerprint density at radius 2 is 2.03 bits per heavy atom. The Kier molecular flexibility index (Phi) is 6.97. The number of ketones is 1. The van der Waals surface area contributed by atoms with Gasteiger partial charge in [0.1, 0.15) is 5.82 Å². The molecule has 6 nitrogen and oxygen atoms in total. The molecule has 1 aliphatic heterocycles. The molecule has 0 saturated carbocycles. The Labute approximate surface area is 179 Å². The standard InChI is InChI=1S/C22H22FN3O3.ClH/c23-16-4-1-3-14(9-16)15-6-7-19-18(10-15)22(29)26(13-25-19)12-17(27)11-20-21(28)5-2-8-24-20;/h1,3-4,6-7,9-10,13,20-21,24,28H,2,5,8,11-12H2;1H/t20-,21+;/m1./s1. The van der Waals surface area contributed by atoms with Crippen molar-refractivity contribution in [3.05, 3.63) is 65.0 Å². The van der Waals surface area contributed by atoms with Crippen molar-refractivity contribution >= 4 is 29.1 Å². The third-order valence-corrected chi connectivity index (χ3v) is 5.32. The summed E-state index contributed by atoms with van der Waals surface area (Å²) in [7, 11) is 0. The molecule has 30 heavy (non-hydrogen) atoms. The molecule has 8 heteroatoms. The van der Waals surface area contributed by atoms with E-state index in [0.717, 1.165) is 13.0 Å². The molecule has 0 unspecified atom stereocenters. The van der Waals surface area contributed by atoms with Crippen LogP contribution in [0.1, 0.15) is 19.3 Å². The second-order valence-corrected chi connectivity index (χ2v) is 7.43. The van der Waals surface area contributed by atoms with Gasteiger partial charge in [-0.2, -0.15) is 0 Å². The molecule has 1 fully saturated rings. The summed E-state index contributed by atoms with van der Waals surface area (Å²) in [5.74, 6) is -0.497. The predicted octanol–water partition coefficient (Wildman–Crippen LogP) is 2.70. The van der Waals surface area contributed by atoms with Crippen molar-refractivity contribution in [2.75, 3.05) is 6.54 Å². The number of benzene rings is 2. The van der Waals surface area contributed by atoms with Crippen molar-refractivity contribution in [1.82, 2.24) is 14.9 Å². The van der Waals surface area contributed by atoms with E-state index in [-0.39, 0.29) is 48.6 Å². The molecule has 3 aromatic rings. The van der Waals surface area contributed by atoms with Crippen LogP contribution < -0.4 is 10.9 Å². The van der Waals surface area contributed by atoms with Gasteiger partial charge in [-0.3, -0.25) is 14.2 Å². The fourth-order valence-electron chi connectivity index (χ4n) is 3.76. The minimum Gasteiger partial charge on any atom is -0.391 e. The molecule has 2 heterocycles. The van der Waals surface area contributed by atoms with Crippen LogP contribution in [-0.4, -0.2) is 39.1 Å². The highest BCUT2D eigenvalue weighted by molar-refractivity contribution is 5.85. The van der Waals surface area contributed by atoms with Gasteiger partial charge in [0.25, 0.3) is 5.56 Å². The Bertz CT molecular complexity index is 1120. The number of hydrogen-bond donors (Lipinski definition) is 2. The maximum absolute atomic E-state index is 13.5. The number of carbonyl (C=O) groups excluding carboxylic acids is 1. The van der Waals surface area contributed by atoms with Gasteiger partial charge in [-0.05, 0) is 54.8 Å². The van der Waals surface area contributed by atoms with Crippen LogP contribution in [-0.2, 0) is 11.3 Å². The number of aliphatic hydroxyl groups excluding tert-OH is 1. The molecule has 0 radical (unpaired) electrons. The second-order valence-electron chi connectivity index (χ2n) is 7.43. The Morgan fingerprint density at radius 1 is 1.23 bits per heavy atom. The first kappa shape index (κ1) is 22.1. The van der Waals surface area contributed by atoms with Crippen LogP contribution in [0, 0.1) is 5.82 Å². The number of carbonyl (C=O) groups is 1. The van der Waals surface area contributed by atoms with Crippen LogP contribution in [0.25, 0.3) is 22.0 Å². The second kappa shape index (κ2) is 9.47. The summed E-state index contributed by atoms with van der Waals surface area (Å²) in [4.78, 5) is 29.6. The van der Waals surface area contributed by atoms with Gasteiger partial charge in [-0.15, -0.1) is 12.4 Å². The van der Waals surface area contributed by atoms with Crippen LogP contribution in [0.2, 0.25) is 0 Å². The van der Waals surface area contributed by atoms with E-state index in [0.29, 0.717) is 28.5 Å². The number of fused-ring (bicyclic) bond motifs is 1.